The summed E-state index contributed by atoms with van der Waals surface area (Å²) in [4.78, 5) is 4.29. The fourth-order valence-electron chi connectivity index (χ4n) is 2.37. The van der Waals surface area contributed by atoms with E-state index in [0.717, 1.165) is 18.7 Å². The fourth-order valence-corrected chi connectivity index (χ4v) is 2.57. The molecule has 84 valence electrons. The van der Waals surface area contributed by atoms with E-state index < -0.39 is 0 Å². The van der Waals surface area contributed by atoms with Crippen LogP contribution in [0.5, 0.6) is 0 Å². The monoisotopic (exact) mass is 235 g/mol. The van der Waals surface area contributed by atoms with Gasteiger partial charge in [-0.1, -0.05) is 11.6 Å². The highest BCUT2D eigenvalue weighted by molar-refractivity contribution is 6.29. The predicted molar refractivity (Wildman–Crippen MR) is 65.0 cm³/mol. The highest BCUT2D eigenvalue weighted by Crippen LogP contribution is 2.26. The van der Waals surface area contributed by atoms with E-state index in [-0.39, 0.29) is 0 Å². The first-order valence-electron chi connectivity index (χ1n) is 5.68. The van der Waals surface area contributed by atoms with Gasteiger partial charge in [0.1, 0.15) is 10.8 Å². The largest absolute Gasteiger partial charge is 0.317 e. The van der Waals surface area contributed by atoms with Crippen molar-refractivity contribution in [3.63, 3.8) is 0 Å². The molecular formula is C12H14ClN3. The fraction of sp³-hybridized carbons (Fsp3) is 0.417. The Balaban J connectivity index is 1.97. The number of halogens is 1. The minimum atomic E-state index is 0.668. The minimum absolute atomic E-state index is 0.668. The Kier molecular flexibility index (Phi) is 2.58. The quantitative estimate of drug-likeness (QED) is 0.823. The Morgan fingerprint density at radius 2 is 2.19 bits per heavy atom. The van der Waals surface area contributed by atoms with Gasteiger partial charge in [-0.3, -0.25) is 4.40 Å². The molecule has 0 bridgehead atoms. The summed E-state index contributed by atoms with van der Waals surface area (Å²) in [6.45, 7) is 2.23. The molecule has 1 aliphatic heterocycles. The topological polar surface area (TPSA) is 29.3 Å². The molecule has 1 N–H and O–H groups in total. The number of imidazole rings is 1. The lowest BCUT2D eigenvalue weighted by molar-refractivity contribution is 0.460. The number of pyridine rings is 1. The van der Waals surface area contributed by atoms with Gasteiger partial charge in [-0.05, 0) is 49.5 Å². The van der Waals surface area contributed by atoms with Crippen LogP contribution in [0.3, 0.4) is 0 Å². The summed E-state index contributed by atoms with van der Waals surface area (Å²) < 4.78 is 1.91. The molecule has 0 amide bonds. The van der Waals surface area contributed by atoms with Gasteiger partial charge in [-0.15, -0.1) is 0 Å². The van der Waals surface area contributed by atoms with Crippen molar-refractivity contribution in [3.05, 3.63) is 35.2 Å². The van der Waals surface area contributed by atoms with Gasteiger partial charge >= 0.3 is 0 Å². The van der Waals surface area contributed by atoms with Crippen molar-refractivity contribution in [2.24, 2.45) is 0 Å². The number of aromatic nitrogens is 2. The Hall–Kier alpha value is -1.06. The first-order valence-corrected chi connectivity index (χ1v) is 6.05. The lowest BCUT2D eigenvalue weighted by Crippen LogP contribution is -2.26. The molecule has 0 radical (unpaired) electrons. The molecule has 2 aromatic rings. The Labute approximate surface area is 99.4 Å². The maximum absolute atomic E-state index is 6.00. The van der Waals surface area contributed by atoms with Crippen LogP contribution in [0.15, 0.2) is 24.5 Å². The Bertz CT molecular complexity index is 500. The molecule has 4 heteroatoms. The van der Waals surface area contributed by atoms with Crippen LogP contribution in [-0.4, -0.2) is 22.5 Å². The van der Waals surface area contributed by atoms with Crippen LogP contribution in [0.2, 0.25) is 5.15 Å². The van der Waals surface area contributed by atoms with Crippen molar-refractivity contribution in [1.82, 2.24) is 14.7 Å². The molecule has 16 heavy (non-hydrogen) atoms. The lowest BCUT2D eigenvalue weighted by atomic mass is 9.91. The maximum atomic E-state index is 6.00. The van der Waals surface area contributed by atoms with Gasteiger partial charge in [-0.25, -0.2) is 4.98 Å². The average Bonchev–Trinajstić information content (AvgIpc) is 2.72. The highest BCUT2D eigenvalue weighted by atomic mass is 35.5. The molecule has 0 aliphatic carbocycles. The zero-order valence-corrected chi connectivity index (χ0v) is 9.74. The average molecular weight is 236 g/mol. The highest BCUT2D eigenvalue weighted by Gasteiger charge is 2.15. The lowest BCUT2D eigenvalue weighted by Gasteiger charge is -2.22. The van der Waals surface area contributed by atoms with E-state index in [2.05, 4.69) is 22.4 Å². The van der Waals surface area contributed by atoms with Gasteiger partial charge in [0.25, 0.3) is 0 Å². The van der Waals surface area contributed by atoms with Gasteiger partial charge in [0.05, 0.1) is 6.20 Å². The smallest absolute Gasteiger partial charge is 0.138 e. The van der Waals surface area contributed by atoms with Gasteiger partial charge < -0.3 is 5.32 Å². The maximum Gasteiger partial charge on any atom is 0.138 e. The van der Waals surface area contributed by atoms with Crippen LogP contribution < -0.4 is 5.32 Å². The van der Waals surface area contributed by atoms with Gasteiger partial charge in [0, 0.05) is 6.20 Å². The summed E-state index contributed by atoms with van der Waals surface area (Å²) >= 11 is 6.00. The molecule has 0 atom stereocenters. The van der Waals surface area contributed by atoms with E-state index in [9.17, 15) is 0 Å². The SMILES string of the molecule is Clc1cnc2cc(C3CCNCC3)ccn12. The first kappa shape index (κ1) is 10.1. The van der Waals surface area contributed by atoms with Gasteiger partial charge in [-0.2, -0.15) is 0 Å². The molecule has 1 fully saturated rings. The molecule has 1 saturated heterocycles. The van der Waals surface area contributed by atoms with E-state index in [0.29, 0.717) is 11.1 Å². The Morgan fingerprint density at radius 1 is 1.38 bits per heavy atom. The predicted octanol–water partition coefficient (Wildman–Crippen LogP) is 2.45. The van der Waals surface area contributed by atoms with Crippen molar-refractivity contribution in [3.8, 4) is 0 Å². The number of piperidine rings is 1. The number of fused-ring (bicyclic) bond motifs is 1. The number of hydrogen-bond acceptors (Lipinski definition) is 2. The number of hydrogen-bond donors (Lipinski definition) is 1. The van der Waals surface area contributed by atoms with Gasteiger partial charge in [0.15, 0.2) is 0 Å². The Morgan fingerprint density at radius 3 is 3.00 bits per heavy atom. The van der Waals surface area contributed by atoms with Crippen molar-refractivity contribution >= 4 is 17.2 Å². The summed E-state index contributed by atoms with van der Waals surface area (Å²) in [5.41, 5.74) is 2.33. The summed E-state index contributed by atoms with van der Waals surface area (Å²) in [5.74, 6) is 0.668. The van der Waals surface area contributed by atoms with Crippen LogP contribution in [0.25, 0.3) is 5.65 Å². The normalized spacial score (nSPS) is 18.1. The van der Waals surface area contributed by atoms with E-state index in [1.165, 1.54) is 18.4 Å². The standard InChI is InChI=1S/C12H14ClN3/c13-11-8-15-12-7-10(3-6-16(11)12)9-1-4-14-5-2-9/h3,6-9,14H,1-2,4-5H2. The summed E-state index contributed by atoms with van der Waals surface area (Å²) in [6.07, 6.45) is 6.14. The summed E-state index contributed by atoms with van der Waals surface area (Å²) in [5, 5.41) is 4.06. The molecule has 0 aromatic carbocycles. The minimum Gasteiger partial charge on any atom is -0.317 e. The second-order valence-corrected chi connectivity index (χ2v) is 4.68. The third-order valence-corrected chi connectivity index (χ3v) is 3.58. The van der Waals surface area contributed by atoms with Crippen LogP contribution in [-0.2, 0) is 0 Å². The van der Waals surface area contributed by atoms with Crippen LogP contribution >= 0.6 is 11.6 Å². The number of nitrogens with zero attached hydrogens (tertiary/aromatic N) is 2. The van der Waals surface area contributed by atoms with Crippen LogP contribution in [0.4, 0.5) is 0 Å². The molecule has 0 unspecified atom stereocenters. The van der Waals surface area contributed by atoms with Crippen LogP contribution in [0.1, 0.15) is 24.3 Å². The third-order valence-electron chi connectivity index (χ3n) is 3.30. The summed E-state index contributed by atoms with van der Waals surface area (Å²) in [6, 6.07) is 4.32. The third kappa shape index (κ3) is 1.70. The van der Waals surface area contributed by atoms with Crippen molar-refractivity contribution in [2.75, 3.05) is 13.1 Å². The molecule has 3 heterocycles. The summed E-state index contributed by atoms with van der Waals surface area (Å²) in [7, 11) is 0. The molecule has 2 aromatic heterocycles. The van der Waals surface area contributed by atoms with Crippen molar-refractivity contribution in [1.29, 1.82) is 0 Å². The molecule has 3 nitrogen and oxygen atoms in total. The van der Waals surface area contributed by atoms with Crippen LogP contribution in [0, 0.1) is 0 Å². The first-order chi connectivity index (χ1) is 7.84. The van der Waals surface area contributed by atoms with E-state index in [1.54, 1.807) is 6.20 Å². The number of rotatable bonds is 1. The van der Waals surface area contributed by atoms with E-state index in [4.69, 9.17) is 11.6 Å². The molecule has 0 saturated carbocycles. The molecule has 0 spiro atoms. The van der Waals surface area contributed by atoms with Crippen molar-refractivity contribution < 1.29 is 0 Å². The zero-order valence-electron chi connectivity index (χ0n) is 8.99. The van der Waals surface area contributed by atoms with E-state index in [1.807, 2.05) is 10.6 Å². The van der Waals surface area contributed by atoms with Gasteiger partial charge in [0.2, 0.25) is 0 Å². The van der Waals surface area contributed by atoms with E-state index >= 15 is 0 Å². The second kappa shape index (κ2) is 4.07. The van der Waals surface area contributed by atoms with Crippen molar-refractivity contribution in [2.45, 2.75) is 18.8 Å². The number of nitrogens with one attached hydrogen (secondary N) is 1. The second-order valence-electron chi connectivity index (χ2n) is 4.29. The zero-order chi connectivity index (χ0) is 11.0. The molecular weight excluding hydrogens is 222 g/mol. The molecule has 1 aliphatic rings. The molecule has 3 rings (SSSR count).